The Hall–Kier alpha value is -1.77. The number of aldehydes is 3. The molecule has 0 unspecified atom stereocenters. The van der Waals surface area contributed by atoms with Gasteiger partial charge in [0.05, 0.1) is 0 Å². The van der Waals surface area contributed by atoms with Gasteiger partial charge in [0.15, 0.2) is 0 Å². The monoisotopic (exact) mass is 679 g/mol. The van der Waals surface area contributed by atoms with E-state index >= 15 is 0 Å². The van der Waals surface area contributed by atoms with Gasteiger partial charge in [0.2, 0.25) is 0 Å². The van der Waals surface area contributed by atoms with Gasteiger partial charge in [0, 0.05) is 19.3 Å². The van der Waals surface area contributed by atoms with E-state index in [0.29, 0.717) is 0 Å². The van der Waals surface area contributed by atoms with Gasteiger partial charge in [-0.2, -0.15) is 0 Å². The number of hydrogen-bond donors (Lipinski definition) is 0. The van der Waals surface area contributed by atoms with E-state index in [1.165, 1.54) is 154 Å². The molecule has 0 radical (unpaired) electrons. The molecule has 0 amide bonds. The second-order valence-corrected chi connectivity index (χ2v) is 12.5. The maximum atomic E-state index is 9.77. The van der Waals surface area contributed by atoms with Crippen molar-refractivity contribution in [3.8, 4) is 0 Å². The van der Waals surface area contributed by atoms with E-state index in [4.69, 9.17) is 0 Å². The fraction of sp³-hybridized carbons (Fsp3) is 0.800. The van der Waals surface area contributed by atoms with Crippen molar-refractivity contribution < 1.29 is 14.4 Å². The van der Waals surface area contributed by atoms with Crippen LogP contribution in [0.25, 0.3) is 0 Å². The quantitative estimate of drug-likeness (QED) is 0.0431. The summed E-state index contributed by atoms with van der Waals surface area (Å²) in [6.07, 6.45) is 45.5. The second-order valence-electron chi connectivity index (χ2n) is 12.5. The van der Waals surface area contributed by atoms with Crippen molar-refractivity contribution in [1.29, 1.82) is 0 Å². The third kappa shape index (κ3) is 104. The average Bonchev–Trinajstić information content (AvgIpc) is 3.11. The Balaban J connectivity index is -0.000000110. The van der Waals surface area contributed by atoms with Gasteiger partial charge < -0.3 is 14.4 Å². The summed E-state index contributed by atoms with van der Waals surface area (Å²) in [6.45, 7) is 24.2. The Labute approximate surface area is 304 Å². The predicted octanol–water partition coefficient (Wildman–Crippen LogP) is 15.9. The number of unbranched alkanes of at least 4 members (excludes halogenated alkanes) is 24. The molecule has 0 aromatic rings. The van der Waals surface area contributed by atoms with Crippen LogP contribution in [0.2, 0.25) is 0 Å². The smallest absolute Gasteiger partial charge is 0.119 e. The molecule has 0 bridgehead atoms. The highest BCUT2D eigenvalue weighted by Crippen LogP contribution is 2.04. The van der Waals surface area contributed by atoms with E-state index in [1.807, 2.05) is 18.2 Å². The van der Waals surface area contributed by atoms with Gasteiger partial charge in [-0.1, -0.05) is 175 Å². The first-order valence-corrected chi connectivity index (χ1v) is 20.6. The van der Waals surface area contributed by atoms with Gasteiger partial charge >= 0.3 is 0 Å². The van der Waals surface area contributed by atoms with Crippen LogP contribution in [0, 0.1) is 0 Å². The maximum absolute atomic E-state index is 9.77. The lowest BCUT2D eigenvalue weighted by molar-refractivity contribution is -0.108. The molecule has 3 nitrogen and oxygen atoms in total. The van der Waals surface area contributed by atoms with E-state index in [-0.39, 0.29) is 0 Å². The van der Waals surface area contributed by atoms with Crippen molar-refractivity contribution in [1.82, 2.24) is 0 Å². The molecule has 0 saturated heterocycles. The Bertz CT molecular complexity index is 416. The standard InChI is InChI=1S/3C8H16.3C7H14O/c3*1-3-5-7-8-6-4-2;3*1-2-3-4-5-6-7-8/h3*3H,1,4-8H2,2H3;3*7H,2-6H2,1H3. The molecule has 0 spiro atoms. The summed E-state index contributed by atoms with van der Waals surface area (Å²) in [6, 6.07) is 0. The minimum absolute atomic E-state index is 0.750. The third-order valence-electron chi connectivity index (χ3n) is 7.31. The lowest BCUT2D eigenvalue weighted by Gasteiger charge is -1.91. The minimum atomic E-state index is 0.750. The summed E-state index contributed by atoms with van der Waals surface area (Å²) in [4.78, 5) is 29.3. The molecule has 48 heavy (non-hydrogen) atoms. The lowest BCUT2D eigenvalue weighted by atomic mass is 10.2. The van der Waals surface area contributed by atoms with Crippen molar-refractivity contribution in [2.75, 3.05) is 0 Å². The molecule has 0 aliphatic rings. The molecule has 0 aliphatic carbocycles. The molecule has 0 N–H and O–H groups in total. The summed E-state index contributed by atoms with van der Waals surface area (Å²) < 4.78 is 0. The fourth-order valence-corrected chi connectivity index (χ4v) is 4.11. The van der Waals surface area contributed by atoms with Crippen LogP contribution in [0.4, 0.5) is 0 Å². The van der Waals surface area contributed by atoms with Gasteiger partial charge in [-0.05, 0) is 57.8 Å². The molecule has 0 aromatic heterocycles. The molecule has 0 aromatic carbocycles. The highest BCUT2D eigenvalue weighted by molar-refractivity contribution is 5.49. The summed E-state index contributed by atoms with van der Waals surface area (Å²) in [5.41, 5.74) is 0. The highest BCUT2D eigenvalue weighted by atomic mass is 16.1. The zero-order valence-corrected chi connectivity index (χ0v) is 34.0. The van der Waals surface area contributed by atoms with Crippen LogP contribution in [0.1, 0.15) is 234 Å². The molecule has 288 valence electrons. The Morgan fingerprint density at radius 3 is 0.562 bits per heavy atom. The van der Waals surface area contributed by atoms with Crippen LogP contribution in [-0.4, -0.2) is 18.9 Å². The molecule has 0 rings (SSSR count). The minimum Gasteiger partial charge on any atom is -0.303 e. The van der Waals surface area contributed by atoms with E-state index in [0.717, 1.165) is 57.4 Å². The Kier molecular flexibility index (Phi) is 91.9. The molecule has 0 atom stereocenters. The van der Waals surface area contributed by atoms with Crippen LogP contribution >= 0.6 is 0 Å². The van der Waals surface area contributed by atoms with Crippen LogP contribution in [-0.2, 0) is 14.4 Å². The van der Waals surface area contributed by atoms with Crippen molar-refractivity contribution in [2.45, 2.75) is 234 Å². The van der Waals surface area contributed by atoms with Crippen molar-refractivity contribution >= 4 is 18.9 Å². The van der Waals surface area contributed by atoms with Crippen molar-refractivity contribution in [3.63, 3.8) is 0 Å². The van der Waals surface area contributed by atoms with Crippen LogP contribution < -0.4 is 0 Å². The highest BCUT2D eigenvalue weighted by Gasteiger charge is 1.86. The van der Waals surface area contributed by atoms with E-state index in [2.05, 4.69) is 61.3 Å². The Morgan fingerprint density at radius 1 is 0.271 bits per heavy atom. The normalized spacial score (nSPS) is 9.12. The zero-order chi connectivity index (χ0) is 37.5. The molecule has 0 fully saturated rings. The van der Waals surface area contributed by atoms with Crippen molar-refractivity contribution in [3.05, 3.63) is 38.0 Å². The number of hydrogen-bond acceptors (Lipinski definition) is 3. The molecular weight excluding hydrogens is 588 g/mol. The third-order valence-corrected chi connectivity index (χ3v) is 7.31. The van der Waals surface area contributed by atoms with Crippen LogP contribution in [0.3, 0.4) is 0 Å². The van der Waals surface area contributed by atoms with Gasteiger partial charge in [-0.15, -0.1) is 19.7 Å². The second kappa shape index (κ2) is 75.5. The summed E-state index contributed by atoms with van der Waals surface area (Å²) >= 11 is 0. The molecule has 3 heteroatoms. The number of carbonyl (C=O) groups excluding carboxylic acids is 3. The number of carbonyl (C=O) groups is 3. The van der Waals surface area contributed by atoms with E-state index in [1.54, 1.807) is 0 Å². The van der Waals surface area contributed by atoms with Crippen LogP contribution in [0.15, 0.2) is 38.0 Å². The topological polar surface area (TPSA) is 51.2 Å². The molecule has 0 heterocycles. The van der Waals surface area contributed by atoms with Gasteiger partial charge in [0.1, 0.15) is 18.9 Å². The van der Waals surface area contributed by atoms with Crippen molar-refractivity contribution in [2.24, 2.45) is 0 Å². The SMILES string of the molecule is C=CCCCCCC.C=CCCCCCC.C=CCCCCCC.CCCCCCC=O.CCCCCCC=O.CCCCCCC=O. The largest absolute Gasteiger partial charge is 0.303 e. The summed E-state index contributed by atoms with van der Waals surface area (Å²) in [5.74, 6) is 0. The fourth-order valence-electron chi connectivity index (χ4n) is 4.11. The number of rotatable bonds is 30. The first-order chi connectivity index (χ1) is 23.5. The molecule has 0 aliphatic heterocycles. The van der Waals surface area contributed by atoms with Gasteiger partial charge in [-0.3, -0.25) is 0 Å². The number of allylic oxidation sites excluding steroid dienone is 3. The average molecular weight is 679 g/mol. The zero-order valence-electron chi connectivity index (χ0n) is 34.0. The summed E-state index contributed by atoms with van der Waals surface area (Å²) in [5, 5.41) is 0. The van der Waals surface area contributed by atoms with Gasteiger partial charge in [0.25, 0.3) is 0 Å². The van der Waals surface area contributed by atoms with E-state index in [9.17, 15) is 14.4 Å². The lowest BCUT2D eigenvalue weighted by Crippen LogP contribution is -1.76. The Morgan fingerprint density at radius 2 is 0.438 bits per heavy atom. The predicted molar refractivity (Wildman–Crippen MR) is 221 cm³/mol. The first kappa shape index (κ1) is 58.4. The first-order valence-electron chi connectivity index (χ1n) is 20.6. The van der Waals surface area contributed by atoms with E-state index < -0.39 is 0 Å². The molecule has 0 saturated carbocycles. The maximum Gasteiger partial charge on any atom is 0.119 e. The van der Waals surface area contributed by atoms with Gasteiger partial charge in [-0.25, -0.2) is 0 Å². The molecular formula is C45H90O3. The van der Waals surface area contributed by atoms with Crippen LogP contribution in [0.5, 0.6) is 0 Å². The summed E-state index contributed by atoms with van der Waals surface area (Å²) in [7, 11) is 0.